The third-order valence-electron chi connectivity index (χ3n) is 3.47. The maximum Gasteiger partial charge on any atom is 0.191 e. The summed E-state index contributed by atoms with van der Waals surface area (Å²) in [6.07, 6.45) is 6.61. The van der Waals surface area contributed by atoms with Crippen molar-refractivity contribution in [3.8, 4) is 0 Å². The van der Waals surface area contributed by atoms with Gasteiger partial charge in [-0.05, 0) is 24.5 Å². The Hall–Kier alpha value is -2.30. The van der Waals surface area contributed by atoms with Crippen LogP contribution in [0.1, 0.15) is 25.0 Å². The van der Waals surface area contributed by atoms with Crippen LogP contribution in [0.3, 0.4) is 0 Å². The highest BCUT2D eigenvalue weighted by Crippen LogP contribution is 2.10. The van der Waals surface area contributed by atoms with Crippen molar-refractivity contribution in [2.75, 3.05) is 13.1 Å². The standard InChI is InChI=1S/C17H25N5/c1-3-15-7-5-6-8-16(15)13-21-17(19-4-2)20-10-12-22-11-9-18-14-22/h5-9,11,14H,3-4,10,12-13H2,1-2H3,(H2,19,20,21). The van der Waals surface area contributed by atoms with Gasteiger partial charge < -0.3 is 15.2 Å². The SMILES string of the molecule is CCNC(=NCc1ccccc1CC)NCCn1ccnc1. The molecule has 2 N–H and O–H groups in total. The molecule has 2 aromatic rings. The van der Waals surface area contributed by atoms with Gasteiger partial charge in [0.1, 0.15) is 0 Å². The molecule has 0 radical (unpaired) electrons. The molecule has 0 saturated carbocycles. The zero-order valence-electron chi connectivity index (χ0n) is 13.4. The quantitative estimate of drug-likeness (QED) is 0.609. The van der Waals surface area contributed by atoms with E-state index in [9.17, 15) is 0 Å². The van der Waals surface area contributed by atoms with Crippen LogP contribution >= 0.6 is 0 Å². The summed E-state index contributed by atoms with van der Waals surface area (Å²) in [5.41, 5.74) is 2.65. The fourth-order valence-electron chi connectivity index (χ4n) is 2.29. The van der Waals surface area contributed by atoms with E-state index in [1.807, 2.05) is 17.1 Å². The number of guanidine groups is 1. The summed E-state index contributed by atoms with van der Waals surface area (Å²) >= 11 is 0. The molecule has 0 bridgehead atoms. The number of imidazole rings is 1. The van der Waals surface area contributed by atoms with E-state index in [0.29, 0.717) is 6.54 Å². The van der Waals surface area contributed by atoms with Gasteiger partial charge in [-0.3, -0.25) is 0 Å². The third-order valence-corrected chi connectivity index (χ3v) is 3.47. The van der Waals surface area contributed by atoms with Gasteiger partial charge in [-0.2, -0.15) is 0 Å². The van der Waals surface area contributed by atoms with E-state index >= 15 is 0 Å². The number of benzene rings is 1. The lowest BCUT2D eigenvalue weighted by Crippen LogP contribution is -2.38. The van der Waals surface area contributed by atoms with Crippen LogP contribution in [0.25, 0.3) is 0 Å². The van der Waals surface area contributed by atoms with Crippen LogP contribution in [0.2, 0.25) is 0 Å². The topological polar surface area (TPSA) is 54.2 Å². The van der Waals surface area contributed by atoms with Gasteiger partial charge in [0.15, 0.2) is 5.96 Å². The highest BCUT2D eigenvalue weighted by Gasteiger charge is 2.01. The second kappa shape index (κ2) is 8.87. The Kier molecular flexibility index (Phi) is 6.48. The highest BCUT2D eigenvalue weighted by molar-refractivity contribution is 5.79. The molecule has 0 aliphatic rings. The van der Waals surface area contributed by atoms with E-state index in [1.54, 1.807) is 6.20 Å². The summed E-state index contributed by atoms with van der Waals surface area (Å²) in [6.45, 7) is 7.49. The molecular formula is C17H25N5. The van der Waals surface area contributed by atoms with Gasteiger partial charge in [-0.1, -0.05) is 31.2 Å². The van der Waals surface area contributed by atoms with Crippen molar-refractivity contribution >= 4 is 5.96 Å². The molecule has 5 heteroatoms. The van der Waals surface area contributed by atoms with E-state index in [4.69, 9.17) is 0 Å². The molecule has 0 aliphatic heterocycles. The molecule has 1 aromatic carbocycles. The zero-order chi connectivity index (χ0) is 15.6. The van der Waals surface area contributed by atoms with E-state index in [2.05, 4.69) is 58.7 Å². The molecule has 118 valence electrons. The first-order valence-corrected chi connectivity index (χ1v) is 7.88. The Labute approximate surface area is 132 Å². The fourth-order valence-corrected chi connectivity index (χ4v) is 2.29. The Bertz CT molecular complexity index is 574. The first-order valence-electron chi connectivity index (χ1n) is 7.88. The minimum Gasteiger partial charge on any atom is -0.357 e. The summed E-state index contributed by atoms with van der Waals surface area (Å²) in [7, 11) is 0. The van der Waals surface area contributed by atoms with Crippen molar-refractivity contribution in [1.82, 2.24) is 20.2 Å². The van der Waals surface area contributed by atoms with Crippen molar-refractivity contribution in [1.29, 1.82) is 0 Å². The Morgan fingerprint density at radius 1 is 1.18 bits per heavy atom. The summed E-state index contributed by atoms with van der Waals surface area (Å²) in [6, 6.07) is 8.48. The summed E-state index contributed by atoms with van der Waals surface area (Å²) in [5.74, 6) is 0.855. The molecular weight excluding hydrogens is 274 g/mol. The molecule has 22 heavy (non-hydrogen) atoms. The number of hydrogen-bond acceptors (Lipinski definition) is 2. The molecule has 1 aromatic heterocycles. The number of aliphatic imine (C=N–C) groups is 1. The van der Waals surface area contributed by atoms with E-state index in [0.717, 1.165) is 32.0 Å². The second-order valence-electron chi connectivity index (χ2n) is 5.04. The van der Waals surface area contributed by atoms with Crippen molar-refractivity contribution < 1.29 is 0 Å². The van der Waals surface area contributed by atoms with Crippen LogP contribution < -0.4 is 10.6 Å². The van der Waals surface area contributed by atoms with Gasteiger partial charge in [0.05, 0.1) is 12.9 Å². The second-order valence-corrected chi connectivity index (χ2v) is 5.04. The smallest absolute Gasteiger partial charge is 0.191 e. The molecule has 1 heterocycles. The molecule has 0 spiro atoms. The number of nitrogens with zero attached hydrogens (tertiary/aromatic N) is 3. The lowest BCUT2D eigenvalue weighted by atomic mass is 10.1. The summed E-state index contributed by atoms with van der Waals surface area (Å²) < 4.78 is 2.04. The molecule has 2 rings (SSSR count). The Morgan fingerprint density at radius 3 is 2.68 bits per heavy atom. The lowest BCUT2D eigenvalue weighted by molar-refractivity contribution is 0.662. The molecule has 0 amide bonds. The van der Waals surface area contributed by atoms with Crippen molar-refractivity contribution in [2.24, 2.45) is 4.99 Å². The average Bonchev–Trinajstić information content (AvgIpc) is 3.06. The number of aryl methyl sites for hydroxylation is 1. The van der Waals surface area contributed by atoms with Gasteiger partial charge >= 0.3 is 0 Å². The molecule has 0 unspecified atom stereocenters. The molecule has 0 fully saturated rings. The predicted octanol–water partition coefficient (Wildman–Crippen LogP) is 2.20. The number of nitrogens with one attached hydrogen (secondary N) is 2. The maximum atomic E-state index is 4.68. The fraction of sp³-hybridized carbons (Fsp3) is 0.412. The lowest BCUT2D eigenvalue weighted by Gasteiger charge is -2.12. The van der Waals surface area contributed by atoms with E-state index in [1.165, 1.54) is 11.1 Å². The molecule has 0 atom stereocenters. The van der Waals surface area contributed by atoms with Crippen LogP contribution in [0, 0.1) is 0 Å². The minimum absolute atomic E-state index is 0.699. The van der Waals surface area contributed by atoms with Crippen LogP contribution in [0.4, 0.5) is 0 Å². The highest BCUT2D eigenvalue weighted by atomic mass is 15.2. The normalized spacial score (nSPS) is 11.5. The maximum absolute atomic E-state index is 4.68. The number of aromatic nitrogens is 2. The predicted molar refractivity (Wildman–Crippen MR) is 90.9 cm³/mol. The van der Waals surface area contributed by atoms with E-state index < -0.39 is 0 Å². The average molecular weight is 299 g/mol. The van der Waals surface area contributed by atoms with Crippen LogP contribution in [0.5, 0.6) is 0 Å². The van der Waals surface area contributed by atoms with Gasteiger partial charge in [-0.15, -0.1) is 0 Å². The summed E-state index contributed by atoms with van der Waals surface area (Å²) in [5, 5.41) is 6.64. The van der Waals surface area contributed by atoms with Crippen molar-refractivity contribution in [2.45, 2.75) is 33.4 Å². The molecule has 5 nitrogen and oxygen atoms in total. The van der Waals surface area contributed by atoms with Crippen LogP contribution in [-0.2, 0) is 19.5 Å². The zero-order valence-corrected chi connectivity index (χ0v) is 13.4. The first kappa shape index (κ1) is 16.1. The van der Waals surface area contributed by atoms with Gasteiger partial charge in [-0.25, -0.2) is 9.98 Å². The number of hydrogen-bond donors (Lipinski definition) is 2. The largest absolute Gasteiger partial charge is 0.357 e. The van der Waals surface area contributed by atoms with E-state index in [-0.39, 0.29) is 0 Å². The number of rotatable bonds is 7. The van der Waals surface area contributed by atoms with Gasteiger partial charge in [0.2, 0.25) is 0 Å². The molecule has 0 saturated heterocycles. The van der Waals surface area contributed by atoms with Gasteiger partial charge in [0.25, 0.3) is 0 Å². The minimum atomic E-state index is 0.699. The first-order chi connectivity index (χ1) is 10.8. The van der Waals surface area contributed by atoms with Crippen LogP contribution in [-0.4, -0.2) is 28.6 Å². The van der Waals surface area contributed by atoms with Crippen LogP contribution in [0.15, 0.2) is 48.0 Å². The summed E-state index contributed by atoms with van der Waals surface area (Å²) in [4.78, 5) is 8.72. The monoisotopic (exact) mass is 299 g/mol. The van der Waals surface area contributed by atoms with Crippen molar-refractivity contribution in [3.63, 3.8) is 0 Å². The third kappa shape index (κ3) is 4.91. The van der Waals surface area contributed by atoms with Crippen molar-refractivity contribution in [3.05, 3.63) is 54.1 Å². The molecule has 0 aliphatic carbocycles. The Morgan fingerprint density at radius 2 is 2.00 bits per heavy atom. The van der Waals surface area contributed by atoms with Gasteiger partial charge in [0, 0.05) is 32.0 Å². The Balaban J connectivity index is 1.91.